The van der Waals surface area contributed by atoms with E-state index in [2.05, 4.69) is 0 Å². The molecule has 0 unspecified atom stereocenters. The number of hydrogen-bond donors (Lipinski definition) is 1. The van der Waals surface area contributed by atoms with Gasteiger partial charge in [0.05, 0.1) is 11.6 Å². The van der Waals surface area contributed by atoms with Crippen LogP contribution in [0.1, 0.15) is 22.7 Å². The fourth-order valence-electron chi connectivity index (χ4n) is 1.82. The molecule has 0 radical (unpaired) electrons. The van der Waals surface area contributed by atoms with Gasteiger partial charge in [0.25, 0.3) is 0 Å². The van der Waals surface area contributed by atoms with E-state index in [0.717, 1.165) is 12.1 Å². The molecule has 1 nitrogen and oxygen atoms in total. The molecular weight excluding hydrogens is 294 g/mol. The van der Waals surface area contributed by atoms with Gasteiger partial charge in [-0.05, 0) is 35.4 Å². The zero-order chi connectivity index (χ0) is 14.9. The van der Waals surface area contributed by atoms with Crippen LogP contribution < -0.4 is 5.73 Å². The molecule has 20 heavy (non-hydrogen) atoms. The minimum absolute atomic E-state index is 0.182. The molecular formula is C14H10ClF4N. The van der Waals surface area contributed by atoms with Gasteiger partial charge in [-0.2, -0.15) is 13.2 Å². The zero-order valence-corrected chi connectivity index (χ0v) is 10.8. The van der Waals surface area contributed by atoms with E-state index in [0.29, 0.717) is 10.6 Å². The largest absolute Gasteiger partial charge is 0.419 e. The Kier molecular flexibility index (Phi) is 4.01. The van der Waals surface area contributed by atoms with E-state index in [1.807, 2.05) is 0 Å². The van der Waals surface area contributed by atoms with E-state index in [1.165, 1.54) is 6.07 Å². The number of alkyl halides is 3. The van der Waals surface area contributed by atoms with E-state index in [4.69, 9.17) is 17.3 Å². The number of hydrogen-bond acceptors (Lipinski definition) is 1. The maximum atomic E-state index is 13.2. The molecule has 0 spiro atoms. The average Bonchev–Trinajstić information content (AvgIpc) is 2.38. The quantitative estimate of drug-likeness (QED) is 0.810. The Morgan fingerprint density at radius 1 is 0.950 bits per heavy atom. The Labute approximate surface area is 118 Å². The molecule has 0 bridgehead atoms. The monoisotopic (exact) mass is 303 g/mol. The van der Waals surface area contributed by atoms with Crippen molar-refractivity contribution in [2.24, 2.45) is 5.73 Å². The summed E-state index contributed by atoms with van der Waals surface area (Å²) in [6.45, 7) is 0. The normalized spacial score (nSPS) is 13.3. The number of benzene rings is 2. The van der Waals surface area contributed by atoms with Crippen molar-refractivity contribution in [2.45, 2.75) is 12.2 Å². The van der Waals surface area contributed by atoms with Gasteiger partial charge >= 0.3 is 6.18 Å². The van der Waals surface area contributed by atoms with E-state index >= 15 is 0 Å². The van der Waals surface area contributed by atoms with Crippen molar-refractivity contribution in [3.63, 3.8) is 0 Å². The minimum atomic E-state index is -4.75. The van der Waals surface area contributed by atoms with Crippen molar-refractivity contribution in [1.29, 1.82) is 0 Å². The molecule has 0 saturated heterocycles. The molecule has 2 N–H and O–H groups in total. The lowest BCUT2D eigenvalue weighted by Gasteiger charge is -2.15. The third-order valence-electron chi connectivity index (χ3n) is 2.88. The minimum Gasteiger partial charge on any atom is -0.320 e. The fraction of sp³-hybridized carbons (Fsp3) is 0.143. The van der Waals surface area contributed by atoms with Gasteiger partial charge in [-0.15, -0.1) is 0 Å². The molecule has 0 saturated carbocycles. The molecule has 0 amide bonds. The lowest BCUT2D eigenvalue weighted by atomic mass is 9.97. The Bertz CT molecular complexity index is 608. The standard InChI is InChI=1S/C14H10ClF4N/c15-10-4-1-8(2-5-10)13(20)9-3-6-12(16)11(7-9)14(17,18)19/h1-7,13H,20H2/t13-/m0/s1. The van der Waals surface area contributed by atoms with Crippen LogP contribution in [0.2, 0.25) is 5.02 Å². The zero-order valence-electron chi connectivity index (χ0n) is 10.1. The van der Waals surface area contributed by atoms with Crippen molar-refractivity contribution >= 4 is 11.6 Å². The lowest BCUT2D eigenvalue weighted by molar-refractivity contribution is -0.140. The number of nitrogens with two attached hydrogens (primary N) is 1. The molecule has 2 aromatic carbocycles. The van der Waals surface area contributed by atoms with Gasteiger partial charge < -0.3 is 5.73 Å². The summed E-state index contributed by atoms with van der Waals surface area (Å²) in [4.78, 5) is 0. The summed E-state index contributed by atoms with van der Waals surface area (Å²) in [6, 6.07) is 8.36. The number of rotatable bonds is 2. The highest BCUT2D eigenvalue weighted by Gasteiger charge is 2.34. The van der Waals surface area contributed by atoms with E-state index in [-0.39, 0.29) is 5.56 Å². The summed E-state index contributed by atoms with van der Waals surface area (Å²) in [7, 11) is 0. The van der Waals surface area contributed by atoms with Crippen LogP contribution in [0.25, 0.3) is 0 Å². The second-order valence-corrected chi connectivity index (χ2v) is 4.70. The second-order valence-electron chi connectivity index (χ2n) is 4.27. The van der Waals surface area contributed by atoms with Gasteiger partial charge in [-0.3, -0.25) is 0 Å². The first kappa shape index (κ1) is 14.8. The Hall–Kier alpha value is -1.59. The van der Waals surface area contributed by atoms with Crippen molar-refractivity contribution in [1.82, 2.24) is 0 Å². The summed E-state index contributed by atoms with van der Waals surface area (Å²) >= 11 is 5.73. The maximum Gasteiger partial charge on any atom is 0.419 e. The first-order chi connectivity index (χ1) is 9.29. The lowest BCUT2D eigenvalue weighted by Crippen LogP contribution is -2.15. The van der Waals surface area contributed by atoms with Crippen LogP contribution >= 0.6 is 11.6 Å². The molecule has 1 atom stereocenters. The third-order valence-corrected chi connectivity index (χ3v) is 3.14. The highest BCUT2D eigenvalue weighted by atomic mass is 35.5. The van der Waals surface area contributed by atoms with Crippen molar-refractivity contribution in [2.75, 3.05) is 0 Å². The highest BCUT2D eigenvalue weighted by molar-refractivity contribution is 6.30. The Morgan fingerprint density at radius 2 is 1.50 bits per heavy atom. The first-order valence-electron chi connectivity index (χ1n) is 5.66. The van der Waals surface area contributed by atoms with Crippen LogP contribution in [0.15, 0.2) is 42.5 Å². The molecule has 6 heteroatoms. The second kappa shape index (κ2) is 5.42. The molecule has 2 aromatic rings. The fourth-order valence-corrected chi connectivity index (χ4v) is 1.94. The molecule has 0 heterocycles. The van der Waals surface area contributed by atoms with Gasteiger partial charge in [0.1, 0.15) is 5.82 Å². The van der Waals surface area contributed by atoms with E-state index in [9.17, 15) is 17.6 Å². The summed E-state index contributed by atoms with van der Waals surface area (Å²) in [6.07, 6.45) is -4.75. The summed E-state index contributed by atoms with van der Waals surface area (Å²) < 4.78 is 51.2. The molecule has 2 rings (SSSR count). The maximum absolute atomic E-state index is 13.2. The highest BCUT2D eigenvalue weighted by Crippen LogP contribution is 2.33. The van der Waals surface area contributed by atoms with E-state index in [1.54, 1.807) is 24.3 Å². The van der Waals surface area contributed by atoms with Crippen LogP contribution in [-0.4, -0.2) is 0 Å². The van der Waals surface area contributed by atoms with Crippen LogP contribution in [0, 0.1) is 5.82 Å². The SMILES string of the molecule is N[C@@H](c1ccc(Cl)cc1)c1ccc(F)c(C(F)(F)F)c1. The molecule has 0 aliphatic carbocycles. The van der Waals surface area contributed by atoms with Gasteiger partial charge in [0, 0.05) is 5.02 Å². The predicted octanol–water partition coefficient (Wildman–Crippen LogP) is 4.55. The van der Waals surface area contributed by atoms with Crippen LogP contribution in [0.5, 0.6) is 0 Å². The van der Waals surface area contributed by atoms with Crippen molar-refractivity contribution in [3.05, 3.63) is 70.0 Å². The predicted molar refractivity (Wildman–Crippen MR) is 68.9 cm³/mol. The van der Waals surface area contributed by atoms with Crippen LogP contribution in [0.4, 0.5) is 17.6 Å². The molecule has 0 aromatic heterocycles. The number of halogens is 5. The topological polar surface area (TPSA) is 26.0 Å². The summed E-state index contributed by atoms with van der Waals surface area (Å²) in [5, 5.41) is 0.496. The first-order valence-corrected chi connectivity index (χ1v) is 6.04. The third kappa shape index (κ3) is 3.11. The Morgan fingerprint density at radius 3 is 2.05 bits per heavy atom. The van der Waals surface area contributed by atoms with Crippen molar-refractivity contribution < 1.29 is 17.6 Å². The molecule has 0 aliphatic heterocycles. The summed E-state index contributed by atoms with van der Waals surface area (Å²) in [5.74, 6) is -1.32. The van der Waals surface area contributed by atoms with Crippen LogP contribution in [-0.2, 0) is 6.18 Å². The molecule has 0 fully saturated rings. The molecule has 106 valence electrons. The smallest absolute Gasteiger partial charge is 0.320 e. The van der Waals surface area contributed by atoms with Crippen LogP contribution in [0.3, 0.4) is 0 Å². The van der Waals surface area contributed by atoms with Gasteiger partial charge in [-0.25, -0.2) is 4.39 Å². The van der Waals surface area contributed by atoms with Gasteiger partial charge in [0.2, 0.25) is 0 Å². The van der Waals surface area contributed by atoms with Gasteiger partial charge in [0.15, 0.2) is 0 Å². The summed E-state index contributed by atoms with van der Waals surface area (Å²) in [5.41, 5.74) is 5.35. The molecule has 0 aliphatic rings. The van der Waals surface area contributed by atoms with Crippen molar-refractivity contribution in [3.8, 4) is 0 Å². The average molecular weight is 304 g/mol. The van der Waals surface area contributed by atoms with E-state index < -0.39 is 23.6 Å². The van der Waals surface area contributed by atoms with Gasteiger partial charge in [-0.1, -0.05) is 29.8 Å². The Balaban J connectivity index is 2.40.